The van der Waals surface area contributed by atoms with Crippen molar-refractivity contribution in [3.8, 4) is 5.88 Å². The highest BCUT2D eigenvalue weighted by Gasteiger charge is 2.22. The Morgan fingerprint density at radius 3 is 2.64 bits per heavy atom. The van der Waals surface area contributed by atoms with Crippen LogP contribution in [-0.2, 0) is 6.54 Å². The van der Waals surface area contributed by atoms with E-state index < -0.39 is 0 Å². The second-order valence-electron chi connectivity index (χ2n) is 5.63. The number of piperazine rings is 1. The predicted octanol–water partition coefficient (Wildman–Crippen LogP) is 0.615. The van der Waals surface area contributed by atoms with Crippen LogP contribution in [-0.4, -0.2) is 64.2 Å². The third-order valence-electron chi connectivity index (χ3n) is 3.93. The number of hydrogen-bond acceptors (Lipinski definition) is 7. The zero-order chi connectivity index (χ0) is 17.6. The number of aromatic nitrogens is 4. The van der Waals surface area contributed by atoms with E-state index in [9.17, 15) is 4.79 Å². The highest BCUT2D eigenvalue weighted by Crippen LogP contribution is 2.14. The molecule has 3 rings (SSSR count). The second-order valence-corrected chi connectivity index (χ2v) is 5.63. The number of ether oxygens (including phenoxy) is 1. The molecule has 1 aliphatic rings. The molecule has 0 saturated carbocycles. The van der Waals surface area contributed by atoms with Crippen LogP contribution in [0.25, 0.3) is 0 Å². The molecular weight excluding hydrogens is 322 g/mol. The number of rotatable bonds is 4. The van der Waals surface area contributed by atoms with E-state index in [1.54, 1.807) is 36.5 Å². The van der Waals surface area contributed by atoms with Gasteiger partial charge < -0.3 is 19.9 Å². The van der Waals surface area contributed by atoms with Crippen LogP contribution in [0.3, 0.4) is 0 Å². The average Bonchev–Trinajstić information content (AvgIpc) is 2.66. The van der Waals surface area contributed by atoms with Crippen LogP contribution in [0.15, 0.2) is 24.5 Å². The van der Waals surface area contributed by atoms with Gasteiger partial charge in [0.15, 0.2) is 0 Å². The van der Waals surface area contributed by atoms with E-state index in [0.29, 0.717) is 50.4 Å². The Morgan fingerprint density at radius 2 is 1.92 bits per heavy atom. The summed E-state index contributed by atoms with van der Waals surface area (Å²) < 4.78 is 5.12. The fourth-order valence-electron chi connectivity index (χ4n) is 2.59. The molecule has 2 amide bonds. The first kappa shape index (κ1) is 16.9. The second kappa shape index (κ2) is 7.73. The minimum Gasteiger partial charge on any atom is -0.481 e. The Balaban J connectivity index is 1.50. The monoisotopic (exact) mass is 343 g/mol. The van der Waals surface area contributed by atoms with Crippen molar-refractivity contribution in [2.75, 3.05) is 38.2 Å². The zero-order valence-electron chi connectivity index (χ0n) is 14.3. The van der Waals surface area contributed by atoms with Crippen LogP contribution < -0.4 is 15.0 Å². The molecule has 3 heterocycles. The molecule has 0 radical (unpaired) electrons. The molecule has 1 saturated heterocycles. The summed E-state index contributed by atoms with van der Waals surface area (Å²) in [4.78, 5) is 33.0. The fourth-order valence-corrected chi connectivity index (χ4v) is 2.59. The predicted molar refractivity (Wildman–Crippen MR) is 91.4 cm³/mol. The van der Waals surface area contributed by atoms with Crippen molar-refractivity contribution in [3.63, 3.8) is 0 Å². The van der Waals surface area contributed by atoms with Crippen molar-refractivity contribution in [2.45, 2.75) is 13.5 Å². The van der Waals surface area contributed by atoms with Crippen molar-refractivity contribution in [3.05, 3.63) is 36.0 Å². The maximum absolute atomic E-state index is 12.3. The fraction of sp³-hybridized carbons (Fsp3) is 0.438. The third-order valence-corrected chi connectivity index (χ3v) is 3.93. The van der Waals surface area contributed by atoms with Gasteiger partial charge in [-0.2, -0.15) is 4.98 Å². The molecule has 132 valence electrons. The number of aryl methyl sites for hydroxylation is 1. The quantitative estimate of drug-likeness (QED) is 0.869. The van der Waals surface area contributed by atoms with Gasteiger partial charge in [-0.1, -0.05) is 0 Å². The van der Waals surface area contributed by atoms with Gasteiger partial charge in [-0.05, 0) is 13.0 Å². The molecule has 0 atom stereocenters. The van der Waals surface area contributed by atoms with E-state index in [0.717, 1.165) is 5.69 Å². The van der Waals surface area contributed by atoms with Gasteiger partial charge in [-0.3, -0.25) is 0 Å². The number of nitrogens with zero attached hydrogens (tertiary/aromatic N) is 6. The first-order chi connectivity index (χ1) is 12.2. The van der Waals surface area contributed by atoms with Crippen LogP contribution in [0, 0.1) is 6.92 Å². The van der Waals surface area contributed by atoms with Crippen molar-refractivity contribution in [1.82, 2.24) is 30.2 Å². The Labute approximate surface area is 146 Å². The lowest BCUT2D eigenvalue weighted by Gasteiger charge is -2.34. The van der Waals surface area contributed by atoms with Crippen LogP contribution >= 0.6 is 0 Å². The molecule has 1 N–H and O–H groups in total. The first-order valence-electron chi connectivity index (χ1n) is 8.09. The molecule has 25 heavy (non-hydrogen) atoms. The summed E-state index contributed by atoms with van der Waals surface area (Å²) >= 11 is 0. The van der Waals surface area contributed by atoms with Gasteiger partial charge in [0.05, 0.1) is 19.3 Å². The molecule has 0 aromatic carbocycles. The average molecular weight is 343 g/mol. The molecule has 0 spiro atoms. The van der Waals surface area contributed by atoms with E-state index in [1.807, 2.05) is 11.8 Å². The summed E-state index contributed by atoms with van der Waals surface area (Å²) in [5.74, 6) is 1.85. The van der Waals surface area contributed by atoms with Gasteiger partial charge in [0.25, 0.3) is 0 Å². The largest absolute Gasteiger partial charge is 0.481 e. The van der Waals surface area contributed by atoms with Gasteiger partial charge in [-0.15, -0.1) is 0 Å². The molecular formula is C16H21N7O2. The van der Waals surface area contributed by atoms with Crippen LogP contribution in [0.2, 0.25) is 0 Å². The molecule has 9 heteroatoms. The number of amides is 2. The third kappa shape index (κ3) is 4.31. The first-order valence-corrected chi connectivity index (χ1v) is 8.09. The number of hydrogen-bond donors (Lipinski definition) is 1. The van der Waals surface area contributed by atoms with E-state index in [-0.39, 0.29) is 6.03 Å². The summed E-state index contributed by atoms with van der Waals surface area (Å²) in [7, 11) is 1.58. The maximum Gasteiger partial charge on any atom is 0.317 e. The van der Waals surface area contributed by atoms with E-state index in [4.69, 9.17) is 4.74 Å². The molecule has 1 fully saturated rings. The minimum atomic E-state index is -0.0949. The number of methoxy groups -OCH3 is 1. The lowest BCUT2D eigenvalue weighted by Crippen LogP contribution is -2.52. The molecule has 0 aliphatic carbocycles. The standard InChI is InChI=1S/C16H21N7O2/c1-12-17-5-3-13(20-12)11-19-16(24)23-9-7-22(8-10-23)15-18-6-4-14(21-15)25-2/h3-6H,7-11H2,1-2H3,(H,19,24). The Morgan fingerprint density at radius 1 is 1.16 bits per heavy atom. The van der Waals surface area contributed by atoms with E-state index >= 15 is 0 Å². The number of anilines is 1. The number of nitrogens with one attached hydrogen (secondary N) is 1. The van der Waals surface area contributed by atoms with Crippen LogP contribution in [0.5, 0.6) is 5.88 Å². The topological polar surface area (TPSA) is 96.4 Å². The number of carbonyl (C=O) groups excluding carboxylic acids is 1. The summed E-state index contributed by atoms with van der Waals surface area (Å²) in [5.41, 5.74) is 0.796. The Bertz CT molecular complexity index is 732. The highest BCUT2D eigenvalue weighted by atomic mass is 16.5. The molecule has 9 nitrogen and oxygen atoms in total. The maximum atomic E-state index is 12.3. The van der Waals surface area contributed by atoms with Gasteiger partial charge in [-0.25, -0.2) is 19.7 Å². The minimum absolute atomic E-state index is 0.0949. The number of carbonyl (C=O) groups is 1. The van der Waals surface area contributed by atoms with E-state index in [1.165, 1.54) is 0 Å². The lowest BCUT2D eigenvalue weighted by atomic mass is 10.3. The summed E-state index contributed by atoms with van der Waals surface area (Å²) in [6.45, 7) is 4.78. The normalized spacial score (nSPS) is 14.3. The Kier molecular flexibility index (Phi) is 5.22. The summed E-state index contributed by atoms with van der Waals surface area (Å²) in [6.07, 6.45) is 3.36. The highest BCUT2D eigenvalue weighted by molar-refractivity contribution is 5.74. The van der Waals surface area contributed by atoms with Gasteiger partial charge in [0, 0.05) is 44.6 Å². The van der Waals surface area contributed by atoms with Crippen molar-refractivity contribution >= 4 is 12.0 Å². The van der Waals surface area contributed by atoms with Gasteiger partial charge in [0.1, 0.15) is 5.82 Å². The molecule has 2 aromatic rings. The van der Waals surface area contributed by atoms with Crippen molar-refractivity contribution in [2.24, 2.45) is 0 Å². The van der Waals surface area contributed by atoms with Crippen molar-refractivity contribution in [1.29, 1.82) is 0 Å². The van der Waals surface area contributed by atoms with Gasteiger partial charge in [0.2, 0.25) is 11.8 Å². The zero-order valence-corrected chi connectivity index (χ0v) is 14.3. The summed E-state index contributed by atoms with van der Waals surface area (Å²) in [5, 5.41) is 2.90. The molecule has 0 bridgehead atoms. The molecule has 2 aromatic heterocycles. The van der Waals surface area contributed by atoms with Crippen LogP contribution in [0.4, 0.5) is 10.7 Å². The smallest absolute Gasteiger partial charge is 0.317 e. The Hall–Kier alpha value is -2.97. The van der Waals surface area contributed by atoms with Gasteiger partial charge >= 0.3 is 6.03 Å². The SMILES string of the molecule is COc1ccnc(N2CCN(C(=O)NCc3ccnc(C)n3)CC2)n1. The van der Waals surface area contributed by atoms with Crippen molar-refractivity contribution < 1.29 is 9.53 Å². The summed E-state index contributed by atoms with van der Waals surface area (Å²) in [6, 6.07) is 3.41. The van der Waals surface area contributed by atoms with Crippen LogP contribution in [0.1, 0.15) is 11.5 Å². The molecule has 1 aliphatic heterocycles. The molecule has 0 unspecified atom stereocenters. The lowest BCUT2D eigenvalue weighted by molar-refractivity contribution is 0.193. The van der Waals surface area contributed by atoms with E-state index in [2.05, 4.69) is 25.3 Å². The number of urea groups is 1.